The van der Waals surface area contributed by atoms with Crippen molar-refractivity contribution in [3.05, 3.63) is 64.5 Å². The van der Waals surface area contributed by atoms with Crippen LogP contribution in [-0.2, 0) is 4.74 Å². The van der Waals surface area contributed by atoms with Crippen molar-refractivity contribution in [1.82, 2.24) is 4.98 Å². The molecule has 5 heteroatoms. The number of hydrogen-bond acceptors (Lipinski definition) is 5. The second-order valence-corrected chi connectivity index (χ2v) is 7.67. The molecule has 1 aliphatic rings. The van der Waals surface area contributed by atoms with Gasteiger partial charge in [-0.15, -0.1) is 11.3 Å². The fourth-order valence-electron chi connectivity index (χ4n) is 3.42. The first-order valence-electron chi connectivity index (χ1n) is 9.17. The number of nitrogens with zero attached hydrogens (tertiary/aromatic N) is 1. The van der Waals surface area contributed by atoms with Crippen molar-refractivity contribution in [2.45, 2.75) is 31.6 Å². The zero-order valence-corrected chi connectivity index (χ0v) is 16.0. The van der Waals surface area contributed by atoms with E-state index < -0.39 is 0 Å². The number of thiazole rings is 1. The Labute approximate surface area is 162 Å². The fourth-order valence-corrected chi connectivity index (χ4v) is 4.59. The van der Waals surface area contributed by atoms with Crippen molar-refractivity contribution in [3.63, 3.8) is 0 Å². The maximum absolute atomic E-state index is 12.3. The molecule has 0 amide bonds. The number of aromatic nitrogens is 1. The summed E-state index contributed by atoms with van der Waals surface area (Å²) in [6, 6.07) is 17.3. The second-order valence-electron chi connectivity index (χ2n) is 6.64. The molecule has 4 rings (SSSR count). The minimum absolute atomic E-state index is 0.323. The van der Waals surface area contributed by atoms with Crippen LogP contribution >= 0.6 is 11.3 Å². The van der Waals surface area contributed by atoms with Crippen molar-refractivity contribution < 1.29 is 14.3 Å². The predicted molar refractivity (Wildman–Crippen MR) is 107 cm³/mol. The molecule has 0 bridgehead atoms. The van der Waals surface area contributed by atoms with Gasteiger partial charge < -0.3 is 9.47 Å². The standard InChI is InChI=1S/C22H21NO3S/c1-25-22(24)20-19(23-21(27-20)16-7-5-6-8-16)15-11-13-18(14-12-15)26-17-9-3-2-4-10-17/h2-4,9-14,16H,5-8H2,1H3. The Morgan fingerprint density at radius 2 is 1.67 bits per heavy atom. The lowest BCUT2D eigenvalue weighted by Gasteiger charge is -2.06. The molecule has 0 saturated heterocycles. The lowest BCUT2D eigenvalue weighted by atomic mass is 10.1. The summed E-state index contributed by atoms with van der Waals surface area (Å²) < 4.78 is 10.8. The van der Waals surface area contributed by atoms with Crippen LogP contribution in [0.5, 0.6) is 11.5 Å². The van der Waals surface area contributed by atoms with E-state index >= 15 is 0 Å². The number of esters is 1. The molecule has 1 saturated carbocycles. The van der Waals surface area contributed by atoms with Gasteiger partial charge in [0, 0.05) is 11.5 Å². The van der Waals surface area contributed by atoms with Crippen LogP contribution in [-0.4, -0.2) is 18.1 Å². The SMILES string of the molecule is COC(=O)c1sc(C2CCCC2)nc1-c1ccc(Oc2ccccc2)cc1. The largest absolute Gasteiger partial charge is 0.465 e. The van der Waals surface area contributed by atoms with E-state index in [2.05, 4.69) is 0 Å². The van der Waals surface area contributed by atoms with Gasteiger partial charge >= 0.3 is 5.97 Å². The molecule has 1 aromatic heterocycles. The third-order valence-electron chi connectivity index (χ3n) is 4.83. The fraction of sp³-hybridized carbons (Fsp3) is 0.273. The van der Waals surface area contributed by atoms with Crippen molar-refractivity contribution in [1.29, 1.82) is 0 Å². The van der Waals surface area contributed by atoms with Gasteiger partial charge in [0.15, 0.2) is 0 Å². The molecule has 0 N–H and O–H groups in total. The maximum Gasteiger partial charge on any atom is 0.350 e. The first kappa shape index (κ1) is 17.7. The van der Waals surface area contributed by atoms with Gasteiger partial charge in [0.05, 0.1) is 17.8 Å². The van der Waals surface area contributed by atoms with Crippen LogP contribution in [0.25, 0.3) is 11.3 Å². The quantitative estimate of drug-likeness (QED) is 0.507. The highest BCUT2D eigenvalue weighted by atomic mass is 32.1. The number of carbonyl (C=O) groups is 1. The highest BCUT2D eigenvalue weighted by Crippen LogP contribution is 2.40. The summed E-state index contributed by atoms with van der Waals surface area (Å²) in [7, 11) is 1.41. The summed E-state index contributed by atoms with van der Waals surface area (Å²) in [6.45, 7) is 0. The first-order valence-corrected chi connectivity index (χ1v) is 9.98. The molecule has 4 nitrogen and oxygen atoms in total. The highest BCUT2D eigenvalue weighted by Gasteiger charge is 2.26. The number of hydrogen-bond donors (Lipinski definition) is 0. The second kappa shape index (κ2) is 7.92. The summed E-state index contributed by atoms with van der Waals surface area (Å²) in [5, 5.41) is 1.05. The van der Waals surface area contributed by atoms with E-state index in [9.17, 15) is 4.79 Å². The van der Waals surface area contributed by atoms with Crippen LogP contribution in [0.2, 0.25) is 0 Å². The van der Waals surface area contributed by atoms with E-state index in [4.69, 9.17) is 14.5 Å². The van der Waals surface area contributed by atoms with E-state index in [0.29, 0.717) is 16.5 Å². The van der Waals surface area contributed by atoms with E-state index in [1.807, 2.05) is 54.6 Å². The van der Waals surface area contributed by atoms with Gasteiger partial charge in [-0.05, 0) is 49.2 Å². The minimum Gasteiger partial charge on any atom is -0.465 e. The summed E-state index contributed by atoms with van der Waals surface area (Å²) in [6.07, 6.45) is 4.77. The molecule has 0 aliphatic heterocycles. The summed E-state index contributed by atoms with van der Waals surface area (Å²) in [5.41, 5.74) is 1.61. The highest BCUT2D eigenvalue weighted by molar-refractivity contribution is 7.14. The van der Waals surface area contributed by atoms with Gasteiger partial charge in [-0.3, -0.25) is 0 Å². The minimum atomic E-state index is -0.323. The number of carbonyl (C=O) groups excluding carboxylic acids is 1. The Bertz CT molecular complexity index is 912. The van der Waals surface area contributed by atoms with Gasteiger partial charge in [0.1, 0.15) is 16.4 Å². The average molecular weight is 379 g/mol. The van der Waals surface area contributed by atoms with Crippen LogP contribution in [0.4, 0.5) is 0 Å². The molecule has 0 unspecified atom stereocenters. The molecule has 3 aromatic rings. The molecule has 0 atom stereocenters. The average Bonchev–Trinajstić information content (AvgIpc) is 3.39. The predicted octanol–water partition coefficient (Wildman–Crippen LogP) is 6.05. The molecule has 138 valence electrons. The van der Waals surface area contributed by atoms with Crippen LogP contribution in [0.3, 0.4) is 0 Å². The van der Waals surface area contributed by atoms with E-state index in [1.54, 1.807) is 0 Å². The van der Waals surface area contributed by atoms with E-state index in [-0.39, 0.29) is 5.97 Å². The molecule has 0 spiro atoms. The zero-order valence-electron chi connectivity index (χ0n) is 15.2. The van der Waals surface area contributed by atoms with Gasteiger partial charge in [-0.1, -0.05) is 31.0 Å². The summed E-state index contributed by atoms with van der Waals surface area (Å²) in [4.78, 5) is 17.7. The van der Waals surface area contributed by atoms with Gasteiger partial charge in [-0.2, -0.15) is 0 Å². The van der Waals surface area contributed by atoms with Crippen molar-refractivity contribution in [2.75, 3.05) is 7.11 Å². The lowest BCUT2D eigenvalue weighted by Crippen LogP contribution is -2.00. The molecule has 1 fully saturated rings. The van der Waals surface area contributed by atoms with Crippen LogP contribution in [0.15, 0.2) is 54.6 Å². The maximum atomic E-state index is 12.3. The summed E-state index contributed by atoms with van der Waals surface area (Å²) in [5.74, 6) is 1.68. The van der Waals surface area contributed by atoms with Gasteiger partial charge in [0.25, 0.3) is 0 Å². The molecule has 1 aliphatic carbocycles. The molecule has 2 aromatic carbocycles. The van der Waals surface area contributed by atoms with E-state index in [0.717, 1.165) is 34.9 Å². The van der Waals surface area contributed by atoms with Crippen molar-refractivity contribution >= 4 is 17.3 Å². The number of methoxy groups -OCH3 is 1. The van der Waals surface area contributed by atoms with Gasteiger partial charge in [0.2, 0.25) is 0 Å². The number of rotatable bonds is 5. The first-order chi connectivity index (χ1) is 13.2. The van der Waals surface area contributed by atoms with Crippen LogP contribution in [0.1, 0.15) is 46.3 Å². The normalized spacial score (nSPS) is 14.3. The molecule has 1 heterocycles. The molecular weight excluding hydrogens is 358 g/mol. The van der Waals surface area contributed by atoms with Crippen LogP contribution in [0, 0.1) is 0 Å². The zero-order chi connectivity index (χ0) is 18.6. The Kier molecular flexibility index (Phi) is 5.21. The summed E-state index contributed by atoms with van der Waals surface area (Å²) >= 11 is 1.47. The molecule has 0 radical (unpaired) electrons. The van der Waals surface area contributed by atoms with Gasteiger partial charge in [-0.25, -0.2) is 9.78 Å². The van der Waals surface area contributed by atoms with Crippen molar-refractivity contribution in [2.24, 2.45) is 0 Å². The Morgan fingerprint density at radius 1 is 1.00 bits per heavy atom. The third-order valence-corrected chi connectivity index (χ3v) is 6.02. The Morgan fingerprint density at radius 3 is 2.33 bits per heavy atom. The van der Waals surface area contributed by atoms with Crippen LogP contribution < -0.4 is 4.74 Å². The van der Waals surface area contributed by atoms with Crippen molar-refractivity contribution in [3.8, 4) is 22.8 Å². The third kappa shape index (κ3) is 3.88. The Hall–Kier alpha value is -2.66. The molecule has 27 heavy (non-hydrogen) atoms. The topological polar surface area (TPSA) is 48.4 Å². The van der Waals surface area contributed by atoms with E-state index in [1.165, 1.54) is 31.3 Å². The molecular formula is C22H21NO3S. The number of benzene rings is 2. The number of ether oxygens (including phenoxy) is 2. The monoisotopic (exact) mass is 379 g/mol. The number of para-hydroxylation sites is 1. The Balaban J connectivity index is 1.62. The smallest absolute Gasteiger partial charge is 0.350 e. The lowest BCUT2D eigenvalue weighted by molar-refractivity contribution is 0.0607.